The van der Waals surface area contributed by atoms with Gasteiger partial charge in [0.05, 0.1) is 5.60 Å². The molecule has 0 amide bonds. The van der Waals surface area contributed by atoms with E-state index in [0.29, 0.717) is 0 Å². The maximum atomic E-state index is 12.1. The van der Waals surface area contributed by atoms with Crippen LogP contribution in [-0.4, -0.2) is 10.7 Å². The Kier molecular flexibility index (Phi) is 0.751. The minimum atomic E-state index is -0.0991. The first-order valence-electron chi connectivity index (χ1n) is 10.1. The van der Waals surface area contributed by atoms with Crippen molar-refractivity contribution in [2.45, 2.75) is 5.60 Å². The molecule has 12 atom stereocenters. The Morgan fingerprint density at radius 2 is 0.524 bits per heavy atom. The SMILES string of the molecule is OC12C3C4C5C6C7C8C5C3C3C8C5C7C7C6C4C1C7C5C32. The molecule has 0 heterocycles. The zero-order chi connectivity index (χ0) is 12.5. The number of hydrogen-bond acceptors (Lipinski definition) is 1. The lowest BCUT2D eigenvalue weighted by Gasteiger charge is -2.35. The fourth-order valence-corrected chi connectivity index (χ4v) is 15.4. The molecule has 0 aromatic rings. The minimum absolute atomic E-state index is 0.0991. The third kappa shape index (κ3) is 0.406. The van der Waals surface area contributed by atoms with Crippen LogP contribution in [-0.2, 0) is 0 Å². The third-order valence-corrected chi connectivity index (χ3v) is 13.4. The number of aliphatic hydroxyl groups is 1. The highest BCUT2D eigenvalue weighted by Gasteiger charge is 3.02. The van der Waals surface area contributed by atoms with E-state index in [1.807, 2.05) is 0 Å². The highest BCUT2D eigenvalue weighted by Crippen LogP contribution is 3.02. The summed E-state index contributed by atoms with van der Waals surface area (Å²) in [6.45, 7) is 0. The molecule has 0 spiro atoms. The van der Waals surface area contributed by atoms with Gasteiger partial charge in [0.2, 0.25) is 0 Å². The van der Waals surface area contributed by atoms with Gasteiger partial charge in [0.25, 0.3) is 0 Å². The molecule has 12 fully saturated rings. The Morgan fingerprint density at radius 3 is 0.762 bits per heavy atom. The lowest BCUT2D eigenvalue weighted by Crippen LogP contribution is -2.42. The van der Waals surface area contributed by atoms with E-state index in [4.69, 9.17) is 0 Å². The molecule has 12 aliphatic rings. The van der Waals surface area contributed by atoms with Gasteiger partial charge in [-0.2, -0.15) is 0 Å². The van der Waals surface area contributed by atoms with Gasteiger partial charge >= 0.3 is 0 Å². The van der Waals surface area contributed by atoms with Gasteiger partial charge in [0.15, 0.2) is 0 Å². The second-order valence-corrected chi connectivity index (χ2v) is 11.7. The predicted molar refractivity (Wildman–Crippen MR) is 71.3 cm³/mol. The summed E-state index contributed by atoms with van der Waals surface area (Å²) in [5, 5.41) is 12.1. The molecule has 0 aromatic carbocycles. The highest BCUT2D eigenvalue weighted by atomic mass is 16.3. The van der Waals surface area contributed by atoms with E-state index >= 15 is 0 Å². The average molecular weight is 276 g/mol. The topological polar surface area (TPSA) is 20.2 Å². The van der Waals surface area contributed by atoms with Crippen LogP contribution in [0.4, 0.5) is 0 Å². The summed E-state index contributed by atoms with van der Waals surface area (Å²) in [5.41, 5.74) is -0.0991. The van der Waals surface area contributed by atoms with Gasteiger partial charge < -0.3 is 5.11 Å². The monoisotopic (exact) mass is 276 g/mol. The van der Waals surface area contributed by atoms with Crippen LogP contribution in [0, 0.1) is 112 Å². The van der Waals surface area contributed by atoms with Gasteiger partial charge in [0, 0.05) is 0 Å². The van der Waals surface area contributed by atoms with E-state index in [2.05, 4.69) is 0 Å². The Morgan fingerprint density at radius 1 is 0.333 bits per heavy atom. The largest absolute Gasteiger partial charge is 0.389 e. The van der Waals surface area contributed by atoms with Crippen molar-refractivity contribution in [3.63, 3.8) is 0 Å². The van der Waals surface area contributed by atoms with Crippen molar-refractivity contribution in [2.24, 2.45) is 112 Å². The third-order valence-electron chi connectivity index (χ3n) is 13.4. The summed E-state index contributed by atoms with van der Waals surface area (Å²) in [6, 6.07) is 0. The minimum Gasteiger partial charge on any atom is -0.389 e. The first kappa shape index (κ1) is 8.71. The van der Waals surface area contributed by atoms with Crippen molar-refractivity contribution in [3.05, 3.63) is 0 Å². The van der Waals surface area contributed by atoms with Crippen LogP contribution in [0.15, 0.2) is 0 Å². The average Bonchev–Trinajstić information content (AvgIpc) is 3.10. The van der Waals surface area contributed by atoms with E-state index < -0.39 is 0 Å². The smallest absolute Gasteiger partial charge is 0.0748 e. The predicted octanol–water partition coefficient (Wildman–Crippen LogP) is 1.57. The maximum absolute atomic E-state index is 12.1. The summed E-state index contributed by atoms with van der Waals surface area (Å²) in [4.78, 5) is 0. The fourth-order valence-electron chi connectivity index (χ4n) is 15.4. The van der Waals surface area contributed by atoms with Crippen molar-refractivity contribution in [2.75, 3.05) is 0 Å². The van der Waals surface area contributed by atoms with E-state index in [-0.39, 0.29) is 5.60 Å². The zero-order valence-corrected chi connectivity index (χ0v) is 11.9. The van der Waals surface area contributed by atoms with E-state index in [0.717, 1.165) is 88.8 Å². The molecule has 0 aliphatic heterocycles. The van der Waals surface area contributed by atoms with Gasteiger partial charge in [-0.3, -0.25) is 0 Å². The van der Waals surface area contributed by atoms with Crippen LogP contribution in [0.3, 0.4) is 0 Å². The standard InChI is InChI=1S/C20H20O/c21-20-17-11-5-2-1-3-7(5)13(17)15-9(3)10-4(1)8-6(2)12(11)18(20)14(8)16(10)19(15)20/h1-19,21H. The summed E-state index contributed by atoms with van der Waals surface area (Å²) in [7, 11) is 0. The molecule has 0 radical (unpaired) electrons. The van der Waals surface area contributed by atoms with Crippen LogP contribution < -0.4 is 0 Å². The molecule has 0 saturated heterocycles. The van der Waals surface area contributed by atoms with Gasteiger partial charge in [-0.15, -0.1) is 0 Å². The molecule has 12 rings (SSSR count). The van der Waals surface area contributed by atoms with Crippen molar-refractivity contribution in [3.8, 4) is 0 Å². The van der Waals surface area contributed by atoms with Crippen molar-refractivity contribution < 1.29 is 5.11 Å². The summed E-state index contributed by atoms with van der Waals surface area (Å²) in [6.07, 6.45) is 0. The lowest BCUT2D eigenvalue weighted by molar-refractivity contribution is -0.0552. The van der Waals surface area contributed by atoms with Crippen LogP contribution in [0.1, 0.15) is 0 Å². The molecule has 106 valence electrons. The maximum Gasteiger partial charge on any atom is 0.0748 e. The Hall–Kier alpha value is -0.0400. The van der Waals surface area contributed by atoms with Crippen LogP contribution in [0.5, 0.6) is 0 Å². The van der Waals surface area contributed by atoms with Crippen molar-refractivity contribution in [1.82, 2.24) is 0 Å². The van der Waals surface area contributed by atoms with Crippen LogP contribution in [0.2, 0.25) is 0 Å². The lowest BCUT2D eigenvalue weighted by atomic mass is 9.75. The van der Waals surface area contributed by atoms with Gasteiger partial charge in [0.1, 0.15) is 0 Å². The molecule has 1 nitrogen and oxygen atoms in total. The first-order chi connectivity index (χ1) is 10.4. The Balaban J connectivity index is 1.49. The second-order valence-electron chi connectivity index (χ2n) is 11.7. The van der Waals surface area contributed by atoms with Gasteiger partial charge in [-0.25, -0.2) is 0 Å². The molecular weight excluding hydrogens is 256 g/mol. The molecule has 1 heteroatoms. The zero-order valence-electron chi connectivity index (χ0n) is 11.9. The molecule has 1 N–H and O–H groups in total. The molecule has 0 aromatic heterocycles. The normalized spacial score (nSPS) is 107. The second kappa shape index (κ2) is 1.81. The molecule has 12 aliphatic carbocycles. The van der Waals surface area contributed by atoms with Crippen LogP contribution >= 0.6 is 0 Å². The van der Waals surface area contributed by atoms with Crippen LogP contribution in [0.25, 0.3) is 0 Å². The summed E-state index contributed by atoms with van der Waals surface area (Å²) in [5.74, 6) is 20.6. The molecule has 12 unspecified atom stereocenters. The fraction of sp³-hybridized carbons (Fsp3) is 1.00. The molecule has 12 saturated carbocycles. The number of rotatable bonds is 0. The van der Waals surface area contributed by atoms with E-state index in [1.165, 1.54) is 23.7 Å². The van der Waals surface area contributed by atoms with Crippen molar-refractivity contribution in [1.29, 1.82) is 0 Å². The van der Waals surface area contributed by atoms with E-state index in [1.54, 1.807) is 0 Å². The highest BCUT2D eigenvalue weighted by molar-refractivity contribution is 5.48. The molecule has 21 heavy (non-hydrogen) atoms. The Bertz CT molecular complexity index is 611. The van der Waals surface area contributed by atoms with Gasteiger partial charge in [-0.05, 0) is 112 Å². The summed E-state index contributed by atoms with van der Waals surface area (Å²) < 4.78 is 0. The van der Waals surface area contributed by atoms with Gasteiger partial charge in [-0.1, -0.05) is 0 Å². The molecular formula is C20H20O. The summed E-state index contributed by atoms with van der Waals surface area (Å²) >= 11 is 0. The molecule has 0 bridgehead atoms. The number of hydrogen-bond donors (Lipinski definition) is 1. The first-order valence-corrected chi connectivity index (χ1v) is 10.1. The quantitative estimate of drug-likeness (QED) is 0.712. The van der Waals surface area contributed by atoms with Crippen molar-refractivity contribution >= 4 is 0 Å². The Labute approximate surface area is 123 Å². The van der Waals surface area contributed by atoms with E-state index in [9.17, 15) is 5.11 Å².